The molecule has 0 unspecified atom stereocenters. The van der Waals surface area contributed by atoms with E-state index in [0.29, 0.717) is 37.8 Å². The van der Waals surface area contributed by atoms with E-state index >= 15 is 0 Å². The van der Waals surface area contributed by atoms with Gasteiger partial charge in [-0.05, 0) is 17.7 Å². The summed E-state index contributed by atoms with van der Waals surface area (Å²) in [5.41, 5.74) is 2.16. The second kappa shape index (κ2) is 10.1. The molecule has 4 rings (SSSR count). The number of morpholine rings is 1. The first-order valence-electron chi connectivity index (χ1n) is 10.3. The second-order valence-electron chi connectivity index (χ2n) is 7.38. The zero-order valence-electron chi connectivity index (χ0n) is 16.9. The molecule has 0 saturated carbocycles. The van der Waals surface area contributed by atoms with E-state index in [-0.39, 0.29) is 12.0 Å². The molecule has 7 nitrogen and oxygen atoms in total. The van der Waals surface area contributed by atoms with Crippen molar-refractivity contribution >= 4 is 5.91 Å². The molecule has 2 heterocycles. The Kier molecular flexibility index (Phi) is 6.84. The highest BCUT2D eigenvalue weighted by molar-refractivity contribution is 5.76. The summed E-state index contributed by atoms with van der Waals surface area (Å²) in [5.74, 6) is 0.894. The number of carbonyl (C=O) groups is 1. The zero-order valence-corrected chi connectivity index (χ0v) is 16.9. The summed E-state index contributed by atoms with van der Waals surface area (Å²) in [6.07, 6.45) is 0.716. The molecule has 3 aromatic rings. The van der Waals surface area contributed by atoms with Gasteiger partial charge in [0.05, 0.1) is 12.7 Å². The number of aryl methyl sites for hydroxylation is 1. The van der Waals surface area contributed by atoms with E-state index in [9.17, 15) is 4.79 Å². The molecule has 1 N–H and O–H groups in total. The average Bonchev–Trinajstić information content (AvgIpc) is 3.27. The van der Waals surface area contributed by atoms with Crippen LogP contribution in [0.5, 0.6) is 0 Å². The van der Waals surface area contributed by atoms with Crippen molar-refractivity contribution in [3.05, 3.63) is 72.1 Å². The van der Waals surface area contributed by atoms with Gasteiger partial charge in [0.15, 0.2) is 0 Å². The molecule has 1 aromatic heterocycles. The predicted octanol–water partition coefficient (Wildman–Crippen LogP) is 2.69. The van der Waals surface area contributed by atoms with Crippen molar-refractivity contribution in [2.75, 3.05) is 26.2 Å². The maximum Gasteiger partial charge on any atom is 0.247 e. The number of hydrogen-bond donors (Lipinski definition) is 1. The Bertz CT molecular complexity index is 930. The molecule has 2 aromatic carbocycles. The molecular weight excluding hydrogens is 380 g/mol. The molecule has 0 bridgehead atoms. The van der Waals surface area contributed by atoms with E-state index in [4.69, 9.17) is 9.15 Å². The first-order chi connectivity index (χ1) is 14.8. The molecule has 1 saturated heterocycles. The van der Waals surface area contributed by atoms with Crippen LogP contribution in [0.25, 0.3) is 11.5 Å². The number of nitrogens with one attached hydrogen (secondary N) is 1. The zero-order chi connectivity index (χ0) is 20.6. The minimum atomic E-state index is -0.0433. The van der Waals surface area contributed by atoms with Crippen LogP contribution in [0.15, 0.2) is 65.1 Å². The molecule has 0 spiro atoms. The van der Waals surface area contributed by atoms with Gasteiger partial charge in [-0.15, -0.1) is 10.2 Å². The van der Waals surface area contributed by atoms with E-state index in [1.165, 1.54) is 5.56 Å². The molecule has 30 heavy (non-hydrogen) atoms. The standard InChI is InChI=1S/C23H26N4O3/c28-21(11-12-22-25-26-23(30-22)19-9-5-2-6-10-19)24-15-20-17-27(13-14-29-20)16-18-7-3-1-4-8-18/h1-10,20H,11-17H2,(H,24,28)/t20-/m0/s1. The van der Waals surface area contributed by atoms with Crippen LogP contribution in [0.1, 0.15) is 17.9 Å². The summed E-state index contributed by atoms with van der Waals surface area (Å²) in [6.45, 7) is 3.79. The van der Waals surface area contributed by atoms with Gasteiger partial charge in [0, 0.05) is 44.6 Å². The second-order valence-corrected chi connectivity index (χ2v) is 7.38. The number of benzene rings is 2. The lowest BCUT2D eigenvalue weighted by Gasteiger charge is -2.33. The molecule has 0 aliphatic carbocycles. The first kappa shape index (κ1) is 20.3. The fraction of sp³-hybridized carbons (Fsp3) is 0.348. The summed E-state index contributed by atoms with van der Waals surface area (Å²) in [5, 5.41) is 11.1. The maximum atomic E-state index is 12.2. The molecule has 1 amide bonds. The Labute approximate surface area is 176 Å². The average molecular weight is 406 g/mol. The van der Waals surface area contributed by atoms with Gasteiger partial charge in [-0.1, -0.05) is 48.5 Å². The number of hydrogen-bond acceptors (Lipinski definition) is 6. The van der Waals surface area contributed by atoms with Crippen LogP contribution in [0.3, 0.4) is 0 Å². The maximum absolute atomic E-state index is 12.2. The Morgan fingerprint density at radius 2 is 1.83 bits per heavy atom. The summed E-state index contributed by atoms with van der Waals surface area (Å²) in [4.78, 5) is 14.6. The van der Waals surface area contributed by atoms with Crippen LogP contribution in [-0.4, -0.2) is 53.3 Å². The lowest BCUT2D eigenvalue weighted by Crippen LogP contribution is -2.47. The predicted molar refractivity (Wildman–Crippen MR) is 113 cm³/mol. The molecule has 156 valence electrons. The number of ether oxygens (including phenoxy) is 1. The van der Waals surface area contributed by atoms with Crippen molar-refractivity contribution in [1.82, 2.24) is 20.4 Å². The Morgan fingerprint density at radius 3 is 2.63 bits per heavy atom. The van der Waals surface area contributed by atoms with Gasteiger partial charge >= 0.3 is 0 Å². The molecule has 1 aliphatic heterocycles. The fourth-order valence-electron chi connectivity index (χ4n) is 3.48. The van der Waals surface area contributed by atoms with Crippen molar-refractivity contribution < 1.29 is 13.9 Å². The fourth-order valence-corrected chi connectivity index (χ4v) is 3.48. The highest BCUT2D eigenvalue weighted by Crippen LogP contribution is 2.17. The van der Waals surface area contributed by atoms with Gasteiger partial charge in [0.25, 0.3) is 0 Å². The topological polar surface area (TPSA) is 80.5 Å². The van der Waals surface area contributed by atoms with Crippen molar-refractivity contribution in [1.29, 1.82) is 0 Å². The summed E-state index contributed by atoms with van der Waals surface area (Å²) >= 11 is 0. The van der Waals surface area contributed by atoms with E-state index in [2.05, 4.69) is 44.7 Å². The number of amides is 1. The third-order valence-electron chi connectivity index (χ3n) is 5.05. The number of rotatable bonds is 8. The smallest absolute Gasteiger partial charge is 0.247 e. The molecule has 1 atom stereocenters. The minimum absolute atomic E-state index is 0.000463. The van der Waals surface area contributed by atoms with Gasteiger partial charge in [0.1, 0.15) is 0 Å². The van der Waals surface area contributed by atoms with Crippen molar-refractivity contribution in [2.45, 2.75) is 25.5 Å². The van der Waals surface area contributed by atoms with Gasteiger partial charge in [-0.3, -0.25) is 9.69 Å². The largest absolute Gasteiger partial charge is 0.421 e. The van der Waals surface area contributed by atoms with Gasteiger partial charge < -0.3 is 14.5 Å². The Morgan fingerprint density at radius 1 is 1.07 bits per heavy atom. The quantitative estimate of drug-likeness (QED) is 0.620. The van der Waals surface area contributed by atoms with Crippen molar-refractivity contribution in [3.8, 4) is 11.5 Å². The van der Waals surface area contributed by atoms with Crippen LogP contribution >= 0.6 is 0 Å². The van der Waals surface area contributed by atoms with Crippen LogP contribution in [0, 0.1) is 0 Å². The first-order valence-corrected chi connectivity index (χ1v) is 10.3. The van der Waals surface area contributed by atoms with Crippen LogP contribution in [-0.2, 0) is 22.5 Å². The summed E-state index contributed by atoms with van der Waals surface area (Å²) in [7, 11) is 0. The Balaban J connectivity index is 1.19. The lowest BCUT2D eigenvalue weighted by atomic mass is 10.2. The van der Waals surface area contributed by atoms with E-state index < -0.39 is 0 Å². The van der Waals surface area contributed by atoms with Gasteiger partial charge in [-0.2, -0.15) is 0 Å². The molecule has 1 aliphatic rings. The van der Waals surface area contributed by atoms with Crippen LogP contribution < -0.4 is 5.32 Å². The normalized spacial score (nSPS) is 17.0. The van der Waals surface area contributed by atoms with Gasteiger partial charge in [-0.25, -0.2) is 0 Å². The monoisotopic (exact) mass is 406 g/mol. The SMILES string of the molecule is O=C(CCc1nnc(-c2ccccc2)o1)NC[C@H]1CN(Cc2ccccc2)CCO1. The minimum Gasteiger partial charge on any atom is -0.421 e. The molecule has 0 radical (unpaired) electrons. The number of aromatic nitrogens is 2. The summed E-state index contributed by atoms with van der Waals surface area (Å²) in [6, 6.07) is 20.0. The van der Waals surface area contributed by atoms with Crippen molar-refractivity contribution in [2.24, 2.45) is 0 Å². The molecular formula is C23H26N4O3. The van der Waals surface area contributed by atoms with E-state index in [1.807, 2.05) is 36.4 Å². The van der Waals surface area contributed by atoms with Crippen molar-refractivity contribution in [3.63, 3.8) is 0 Å². The van der Waals surface area contributed by atoms with E-state index in [1.54, 1.807) is 0 Å². The lowest BCUT2D eigenvalue weighted by molar-refractivity contribution is -0.122. The number of carbonyl (C=O) groups excluding carboxylic acids is 1. The van der Waals surface area contributed by atoms with Crippen LogP contribution in [0.4, 0.5) is 0 Å². The van der Waals surface area contributed by atoms with E-state index in [0.717, 1.165) is 25.2 Å². The third-order valence-corrected chi connectivity index (χ3v) is 5.05. The Hall–Kier alpha value is -3.03. The highest BCUT2D eigenvalue weighted by Gasteiger charge is 2.21. The third kappa shape index (κ3) is 5.75. The molecule has 1 fully saturated rings. The number of nitrogens with zero attached hydrogens (tertiary/aromatic N) is 3. The van der Waals surface area contributed by atoms with Crippen LogP contribution in [0.2, 0.25) is 0 Å². The highest BCUT2D eigenvalue weighted by atomic mass is 16.5. The molecule has 7 heteroatoms. The summed E-state index contributed by atoms with van der Waals surface area (Å²) < 4.78 is 11.5. The van der Waals surface area contributed by atoms with Gasteiger partial charge in [0.2, 0.25) is 17.7 Å².